The Bertz CT molecular complexity index is 424. The van der Waals surface area contributed by atoms with Crippen molar-refractivity contribution in [3.8, 4) is 0 Å². The predicted octanol–water partition coefficient (Wildman–Crippen LogP) is 1.50. The Kier molecular flexibility index (Phi) is 4.28. The zero-order valence-electron chi connectivity index (χ0n) is 10.0. The summed E-state index contributed by atoms with van der Waals surface area (Å²) < 4.78 is 18.8. The van der Waals surface area contributed by atoms with Gasteiger partial charge in [-0.3, -0.25) is 9.69 Å². The monoisotopic (exact) mass is 253 g/mol. The van der Waals surface area contributed by atoms with E-state index in [0.29, 0.717) is 31.9 Å². The van der Waals surface area contributed by atoms with Crippen LogP contribution in [0.2, 0.25) is 0 Å². The largest absolute Gasteiger partial charge is 0.481 e. The van der Waals surface area contributed by atoms with Gasteiger partial charge in [0.15, 0.2) is 0 Å². The van der Waals surface area contributed by atoms with E-state index in [2.05, 4.69) is 0 Å². The maximum absolute atomic E-state index is 13.6. The van der Waals surface area contributed by atoms with Crippen LogP contribution >= 0.6 is 0 Å². The number of halogens is 1. The molecule has 2 rings (SSSR count). The lowest BCUT2D eigenvalue weighted by atomic mass is 10.1. The predicted molar refractivity (Wildman–Crippen MR) is 63.7 cm³/mol. The summed E-state index contributed by atoms with van der Waals surface area (Å²) in [6, 6.07) is 6.39. The van der Waals surface area contributed by atoms with Crippen LogP contribution in [0.1, 0.15) is 12.0 Å². The quantitative estimate of drug-likeness (QED) is 0.883. The molecular weight excluding hydrogens is 237 g/mol. The van der Waals surface area contributed by atoms with Gasteiger partial charge in [-0.1, -0.05) is 18.2 Å². The highest BCUT2D eigenvalue weighted by atomic mass is 19.1. The maximum Gasteiger partial charge on any atom is 0.305 e. The van der Waals surface area contributed by atoms with E-state index < -0.39 is 5.97 Å². The molecule has 1 fully saturated rings. The molecule has 1 unspecified atom stereocenters. The van der Waals surface area contributed by atoms with E-state index in [9.17, 15) is 9.18 Å². The summed E-state index contributed by atoms with van der Waals surface area (Å²) in [4.78, 5) is 12.7. The number of rotatable bonds is 4. The van der Waals surface area contributed by atoms with E-state index in [1.54, 1.807) is 18.2 Å². The first-order chi connectivity index (χ1) is 8.66. The molecule has 1 atom stereocenters. The first-order valence-corrected chi connectivity index (χ1v) is 5.94. The number of carboxylic acid groups (broad SMARTS) is 1. The molecule has 1 aromatic carbocycles. The van der Waals surface area contributed by atoms with Gasteiger partial charge in [-0.25, -0.2) is 4.39 Å². The number of ether oxygens (including phenoxy) is 1. The Morgan fingerprint density at radius 2 is 2.28 bits per heavy atom. The van der Waals surface area contributed by atoms with Crippen LogP contribution in [0.15, 0.2) is 24.3 Å². The standard InChI is InChI=1S/C13H16FNO3/c14-12-4-2-1-3-10(12)8-15-5-6-18-9-11(15)7-13(16)17/h1-4,11H,5-9H2,(H,16,17). The van der Waals surface area contributed by atoms with Gasteiger partial charge in [0.05, 0.1) is 19.6 Å². The second-order valence-electron chi connectivity index (χ2n) is 4.39. The average Bonchev–Trinajstić information content (AvgIpc) is 2.34. The molecule has 0 amide bonds. The molecule has 98 valence electrons. The molecule has 1 heterocycles. The van der Waals surface area contributed by atoms with Crippen molar-refractivity contribution in [2.24, 2.45) is 0 Å². The first-order valence-electron chi connectivity index (χ1n) is 5.94. The number of morpholine rings is 1. The molecule has 0 radical (unpaired) electrons. The van der Waals surface area contributed by atoms with Gasteiger partial charge < -0.3 is 9.84 Å². The molecule has 5 heteroatoms. The lowest BCUT2D eigenvalue weighted by molar-refractivity contribution is -0.140. The highest BCUT2D eigenvalue weighted by Gasteiger charge is 2.25. The Morgan fingerprint density at radius 3 is 3.00 bits per heavy atom. The maximum atomic E-state index is 13.6. The zero-order valence-corrected chi connectivity index (χ0v) is 10.0. The van der Waals surface area contributed by atoms with Crippen LogP contribution in [0.4, 0.5) is 4.39 Å². The van der Waals surface area contributed by atoms with Crippen molar-refractivity contribution in [1.82, 2.24) is 4.90 Å². The van der Waals surface area contributed by atoms with Crippen molar-refractivity contribution in [1.29, 1.82) is 0 Å². The molecule has 1 saturated heterocycles. The van der Waals surface area contributed by atoms with Crippen LogP contribution in [0.3, 0.4) is 0 Å². The van der Waals surface area contributed by atoms with E-state index >= 15 is 0 Å². The minimum Gasteiger partial charge on any atom is -0.481 e. The lowest BCUT2D eigenvalue weighted by Crippen LogP contribution is -2.46. The third-order valence-electron chi connectivity index (χ3n) is 3.09. The van der Waals surface area contributed by atoms with Gasteiger partial charge in [-0.05, 0) is 6.07 Å². The van der Waals surface area contributed by atoms with Crippen LogP contribution in [-0.2, 0) is 16.1 Å². The molecule has 0 saturated carbocycles. The summed E-state index contributed by atoms with van der Waals surface area (Å²) >= 11 is 0. The Labute approximate surface area is 105 Å². The third kappa shape index (κ3) is 3.27. The summed E-state index contributed by atoms with van der Waals surface area (Å²) in [6.07, 6.45) is 0.0223. The molecular formula is C13H16FNO3. The molecule has 18 heavy (non-hydrogen) atoms. The Hall–Kier alpha value is -1.46. The molecule has 1 aromatic rings. The summed E-state index contributed by atoms with van der Waals surface area (Å²) in [5, 5.41) is 8.85. The second-order valence-corrected chi connectivity index (χ2v) is 4.39. The molecule has 1 aliphatic heterocycles. The van der Waals surface area contributed by atoms with E-state index in [4.69, 9.17) is 9.84 Å². The molecule has 0 aromatic heterocycles. The van der Waals surface area contributed by atoms with Crippen LogP contribution in [-0.4, -0.2) is 41.8 Å². The smallest absolute Gasteiger partial charge is 0.305 e. The zero-order chi connectivity index (χ0) is 13.0. The normalized spacial score (nSPS) is 20.8. The number of aliphatic carboxylic acids is 1. The van der Waals surface area contributed by atoms with Crippen molar-refractivity contribution in [2.75, 3.05) is 19.8 Å². The number of benzene rings is 1. The van der Waals surface area contributed by atoms with Gasteiger partial charge in [0.25, 0.3) is 0 Å². The third-order valence-corrected chi connectivity index (χ3v) is 3.09. The van der Waals surface area contributed by atoms with E-state index in [-0.39, 0.29) is 18.3 Å². The number of hydrogen-bond acceptors (Lipinski definition) is 3. The number of carboxylic acids is 1. The highest BCUT2D eigenvalue weighted by molar-refractivity contribution is 5.67. The van der Waals surface area contributed by atoms with Gasteiger partial charge in [0.2, 0.25) is 0 Å². The number of hydrogen-bond donors (Lipinski definition) is 1. The average molecular weight is 253 g/mol. The van der Waals surface area contributed by atoms with Crippen LogP contribution in [0, 0.1) is 5.82 Å². The van der Waals surface area contributed by atoms with Gasteiger partial charge in [0, 0.05) is 24.7 Å². The molecule has 1 N–H and O–H groups in total. The lowest BCUT2D eigenvalue weighted by Gasteiger charge is -2.34. The van der Waals surface area contributed by atoms with E-state index in [1.165, 1.54) is 6.07 Å². The second kappa shape index (κ2) is 5.93. The molecule has 0 spiro atoms. The minimum atomic E-state index is -0.857. The van der Waals surface area contributed by atoms with Gasteiger partial charge in [-0.15, -0.1) is 0 Å². The van der Waals surface area contributed by atoms with Crippen molar-refractivity contribution in [3.63, 3.8) is 0 Å². The number of carbonyl (C=O) groups is 1. The molecule has 1 aliphatic rings. The van der Waals surface area contributed by atoms with Crippen molar-refractivity contribution >= 4 is 5.97 Å². The highest BCUT2D eigenvalue weighted by Crippen LogP contribution is 2.16. The summed E-state index contributed by atoms with van der Waals surface area (Å²) in [6.45, 7) is 2.01. The fourth-order valence-electron chi connectivity index (χ4n) is 2.13. The van der Waals surface area contributed by atoms with E-state index in [1.807, 2.05) is 4.90 Å². The van der Waals surface area contributed by atoms with Crippen LogP contribution in [0.25, 0.3) is 0 Å². The Balaban J connectivity index is 2.05. The van der Waals surface area contributed by atoms with Crippen molar-refractivity contribution in [2.45, 2.75) is 19.0 Å². The molecule has 0 aliphatic carbocycles. The summed E-state index contributed by atoms with van der Waals surface area (Å²) in [7, 11) is 0. The van der Waals surface area contributed by atoms with Gasteiger partial charge in [-0.2, -0.15) is 0 Å². The van der Waals surface area contributed by atoms with Crippen LogP contribution < -0.4 is 0 Å². The topological polar surface area (TPSA) is 49.8 Å². The SMILES string of the molecule is O=C(O)CC1COCCN1Cc1ccccc1F. The first kappa shape index (κ1) is 13.0. The Morgan fingerprint density at radius 1 is 1.50 bits per heavy atom. The van der Waals surface area contributed by atoms with E-state index in [0.717, 1.165) is 0 Å². The van der Waals surface area contributed by atoms with Crippen molar-refractivity contribution < 1.29 is 19.0 Å². The summed E-state index contributed by atoms with van der Waals surface area (Å²) in [5.41, 5.74) is 0.592. The number of nitrogens with zero attached hydrogens (tertiary/aromatic N) is 1. The fourth-order valence-corrected chi connectivity index (χ4v) is 2.13. The summed E-state index contributed by atoms with van der Waals surface area (Å²) in [5.74, 6) is -1.11. The molecule has 4 nitrogen and oxygen atoms in total. The van der Waals surface area contributed by atoms with Crippen LogP contribution in [0.5, 0.6) is 0 Å². The van der Waals surface area contributed by atoms with Gasteiger partial charge in [0.1, 0.15) is 5.82 Å². The van der Waals surface area contributed by atoms with Gasteiger partial charge >= 0.3 is 5.97 Å². The fraction of sp³-hybridized carbons (Fsp3) is 0.462. The molecule has 0 bridgehead atoms. The van der Waals surface area contributed by atoms with Crippen molar-refractivity contribution in [3.05, 3.63) is 35.6 Å². The minimum absolute atomic E-state index is 0.0223.